The predicted octanol–water partition coefficient (Wildman–Crippen LogP) is 6.89. The second-order valence-electron chi connectivity index (χ2n) is 15.0. The van der Waals surface area contributed by atoms with Crippen molar-refractivity contribution in [3.05, 3.63) is 65.5 Å². The molecule has 0 radical (unpaired) electrons. The normalized spacial score (nSPS) is 21.9. The van der Waals surface area contributed by atoms with Gasteiger partial charge in [-0.1, -0.05) is 24.6 Å². The average Bonchev–Trinajstić information content (AvgIpc) is 3.64. The van der Waals surface area contributed by atoms with Gasteiger partial charge in [-0.25, -0.2) is 9.97 Å². The molecule has 8 rings (SSSR count). The van der Waals surface area contributed by atoms with Crippen molar-refractivity contribution >= 4 is 40.0 Å². The second-order valence-corrected chi connectivity index (χ2v) is 15.0. The van der Waals surface area contributed by atoms with E-state index in [0.717, 1.165) is 70.5 Å². The third-order valence-corrected chi connectivity index (χ3v) is 11.6. The van der Waals surface area contributed by atoms with Gasteiger partial charge in [0.15, 0.2) is 5.82 Å². The van der Waals surface area contributed by atoms with E-state index in [-0.39, 0.29) is 23.9 Å². The minimum Gasteiger partial charge on any atom is -0.381 e. The number of hydrogen-bond acceptors (Lipinski definition) is 7. The van der Waals surface area contributed by atoms with Gasteiger partial charge in [0.1, 0.15) is 5.52 Å². The van der Waals surface area contributed by atoms with Crippen LogP contribution in [0.1, 0.15) is 93.2 Å². The van der Waals surface area contributed by atoms with E-state index in [1.165, 1.54) is 32.4 Å². The first-order valence-electron chi connectivity index (χ1n) is 18.6. The monoisotopic (exact) mass is 675 g/mol. The Morgan fingerprint density at radius 3 is 2.54 bits per heavy atom. The summed E-state index contributed by atoms with van der Waals surface area (Å²) < 4.78 is 7.91. The number of ether oxygens (including phenoxy) is 1. The summed E-state index contributed by atoms with van der Waals surface area (Å²) in [6, 6.07) is 15.3. The summed E-state index contributed by atoms with van der Waals surface area (Å²) in [5, 5.41) is 6.48. The first-order chi connectivity index (χ1) is 24.3. The van der Waals surface area contributed by atoms with Crippen LogP contribution in [0, 0.1) is 6.92 Å². The molecule has 262 valence electrons. The number of nitrogens with zero attached hydrogens (tertiary/aromatic N) is 5. The van der Waals surface area contributed by atoms with Gasteiger partial charge in [0.2, 0.25) is 5.91 Å². The Balaban J connectivity index is 1.18. The van der Waals surface area contributed by atoms with E-state index in [0.29, 0.717) is 37.2 Å². The quantitative estimate of drug-likeness (QED) is 0.210. The number of aromatic nitrogens is 3. The van der Waals surface area contributed by atoms with Crippen molar-refractivity contribution in [2.24, 2.45) is 0 Å². The Labute approximate surface area is 294 Å². The summed E-state index contributed by atoms with van der Waals surface area (Å²) in [4.78, 5) is 42.2. The number of fused-ring (bicyclic) bond motifs is 3. The van der Waals surface area contributed by atoms with Crippen LogP contribution in [0.25, 0.3) is 22.3 Å². The number of rotatable bonds is 8. The Morgan fingerprint density at radius 2 is 1.80 bits per heavy atom. The number of likely N-dealkylation sites (tertiary alicyclic amines) is 1. The molecule has 2 aromatic heterocycles. The molecular weight excluding hydrogens is 626 g/mol. The first-order valence-corrected chi connectivity index (χ1v) is 18.6. The highest BCUT2D eigenvalue weighted by atomic mass is 16.5. The molecule has 1 aliphatic carbocycles. The van der Waals surface area contributed by atoms with Crippen molar-refractivity contribution in [2.75, 3.05) is 43.1 Å². The first kappa shape index (κ1) is 32.9. The number of pyridine rings is 1. The molecule has 5 heterocycles. The fourth-order valence-corrected chi connectivity index (χ4v) is 8.69. The molecule has 1 spiro atoms. The number of amides is 2. The van der Waals surface area contributed by atoms with Crippen molar-refractivity contribution < 1.29 is 14.3 Å². The van der Waals surface area contributed by atoms with E-state index < -0.39 is 5.41 Å². The SMILES string of the molecule is CCNC(=O)c1cc(Nc2nc(-c3ccc4c(c3)N([C@H]3C[C@@H](N5CCCCC5)C3)C(=O)C43CCOCC3)cc3ncn(C(C)C)c23)ccc1C. The molecule has 2 saturated heterocycles. The summed E-state index contributed by atoms with van der Waals surface area (Å²) in [6.45, 7) is 12.3. The highest BCUT2D eigenvalue weighted by Crippen LogP contribution is 2.52. The molecule has 10 nitrogen and oxygen atoms in total. The van der Waals surface area contributed by atoms with Crippen molar-refractivity contribution in [3.8, 4) is 11.3 Å². The molecule has 3 aliphatic heterocycles. The summed E-state index contributed by atoms with van der Waals surface area (Å²) in [5.41, 5.74) is 7.44. The number of benzene rings is 2. The molecule has 0 bridgehead atoms. The number of aryl methyl sites for hydroxylation is 1. The van der Waals surface area contributed by atoms with Crippen LogP contribution in [0.15, 0.2) is 48.8 Å². The zero-order valence-corrected chi connectivity index (χ0v) is 29.8. The summed E-state index contributed by atoms with van der Waals surface area (Å²) in [5.74, 6) is 0.826. The van der Waals surface area contributed by atoms with Gasteiger partial charge >= 0.3 is 0 Å². The van der Waals surface area contributed by atoms with E-state index in [1.54, 1.807) is 0 Å². The van der Waals surface area contributed by atoms with Gasteiger partial charge in [0.05, 0.1) is 23.0 Å². The maximum absolute atomic E-state index is 14.5. The molecule has 4 aliphatic rings. The van der Waals surface area contributed by atoms with E-state index in [4.69, 9.17) is 14.7 Å². The zero-order valence-electron chi connectivity index (χ0n) is 29.8. The molecule has 10 heteroatoms. The summed E-state index contributed by atoms with van der Waals surface area (Å²) in [7, 11) is 0. The van der Waals surface area contributed by atoms with Gasteiger partial charge in [0.25, 0.3) is 5.91 Å². The van der Waals surface area contributed by atoms with Crippen LogP contribution >= 0.6 is 0 Å². The number of piperidine rings is 1. The molecule has 3 fully saturated rings. The predicted molar refractivity (Wildman–Crippen MR) is 197 cm³/mol. The maximum Gasteiger partial charge on any atom is 0.251 e. The van der Waals surface area contributed by atoms with Crippen LogP contribution in [-0.4, -0.2) is 76.2 Å². The lowest BCUT2D eigenvalue weighted by Gasteiger charge is -2.48. The van der Waals surface area contributed by atoms with Crippen molar-refractivity contribution in [2.45, 2.75) is 96.2 Å². The highest BCUT2D eigenvalue weighted by Gasteiger charge is 2.55. The van der Waals surface area contributed by atoms with Crippen molar-refractivity contribution in [3.63, 3.8) is 0 Å². The Kier molecular flexibility index (Phi) is 8.63. The molecule has 2 aromatic carbocycles. The number of nitrogens with one attached hydrogen (secondary N) is 2. The van der Waals surface area contributed by atoms with Crippen LogP contribution in [0.5, 0.6) is 0 Å². The molecule has 0 atom stereocenters. The number of carbonyl (C=O) groups is 2. The lowest BCUT2D eigenvalue weighted by molar-refractivity contribution is -0.127. The largest absolute Gasteiger partial charge is 0.381 e. The fourth-order valence-electron chi connectivity index (χ4n) is 8.69. The van der Waals surface area contributed by atoms with Crippen LogP contribution in [0.3, 0.4) is 0 Å². The summed E-state index contributed by atoms with van der Waals surface area (Å²) >= 11 is 0. The molecule has 0 unspecified atom stereocenters. The number of anilines is 3. The Bertz CT molecular complexity index is 1930. The average molecular weight is 676 g/mol. The molecule has 2 amide bonds. The molecular formula is C40H49N7O3. The van der Waals surface area contributed by atoms with E-state index in [1.807, 2.05) is 38.4 Å². The lowest BCUT2D eigenvalue weighted by atomic mass is 9.75. The minimum atomic E-state index is -0.518. The topological polar surface area (TPSA) is 105 Å². The number of imidazole rings is 1. The molecule has 50 heavy (non-hydrogen) atoms. The second kappa shape index (κ2) is 13.1. The van der Waals surface area contributed by atoms with Crippen LogP contribution < -0.4 is 15.5 Å². The third kappa shape index (κ3) is 5.57. The zero-order chi connectivity index (χ0) is 34.6. The van der Waals surface area contributed by atoms with E-state index in [2.05, 4.69) is 63.1 Å². The molecule has 2 N–H and O–H groups in total. The number of hydrogen-bond donors (Lipinski definition) is 2. The summed E-state index contributed by atoms with van der Waals surface area (Å²) in [6.07, 6.45) is 9.25. The van der Waals surface area contributed by atoms with Gasteiger partial charge in [0, 0.05) is 60.4 Å². The van der Waals surface area contributed by atoms with Crippen molar-refractivity contribution in [1.29, 1.82) is 0 Å². The van der Waals surface area contributed by atoms with Gasteiger partial charge in [-0.15, -0.1) is 0 Å². The van der Waals surface area contributed by atoms with Gasteiger partial charge in [-0.2, -0.15) is 0 Å². The van der Waals surface area contributed by atoms with Gasteiger partial charge in [-0.05, 0) is 115 Å². The Hall–Kier alpha value is -4.28. The van der Waals surface area contributed by atoms with Gasteiger partial charge in [-0.3, -0.25) is 9.59 Å². The minimum absolute atomic E-state index is 0.0963. The lowest BCUT2D eigenvalue weighted by Crippen LogP contribution is -2.57. The fraction of sp³-hybridized carbons (Fsp3) is 0.500. The molecule has 1 saturated carbocycles. The van der Waals surface area contributed by atoms with Crippen LogP contribution in [0.2, 0.25) is 0 Å². The maximum atomic E-state index is 14.5. The molecule has 4 aromatic rings. The van der Waals surface area contributed by atoms with E-state index >= 15 is 0 Å². The van der Waals surface area contributed by atoms with Crippen LogP contribution in [-0.2, 0) is 14.9 Å². The van der Waals surface area contributed by atoms with Crippen LogP contribution in [0.4, 0.5) is 17.2 Å². The van der Waals surface area contributed by atoms with E-state index in [9.17, 15) is 9.59 Å². The van der Waals surface area contributed by atoms with Crippen molar-refractivity contribution in [1.82, 2.24) is 24.8 Å². The Morgan fingerprint density at radius 1 is 1.02 bits per heavy atom. The number of carbonyl (C=O) groups excluding carboxylic acids is 2. The highest BCUT2D eigenvalue weighted by molar-refractivity contribution is 6.09. The van der Waals surface area contributed by atoms with Gasteiger partial charge < -0.3 is 29.7 Å². The standard InChI is InChI=1S/C40H49N7O3/c1-5-41-38(48)31-20-28(11-9-26(31)4)43-37-36-34(42-24-46(36)25(2)3)23-33(44-37)27-10-12-32-35(19-27)47(39(49)40(32)13-17-50-18-14-40)30-21-29(22-30)45-15-7-6-8-16-45/h9-12,19-20,23-25,29-30H,5-8,13-18,21-22H2,1-4H3,(H,41,48)(H,43,44)/t29-,30+. The smallest absolute Gasteiger partial charge is 0.251 e. The third-order valence-electron chi connectivity index (χ3n) is 11.6.